The normalized spacial score (nSPS) is 9.86. The van der Waals surface area contributed by atoms with Gasteiger partial charge in [-0.3, -0.25) is 10.1 Å². The van der Waals surface area contributed by atoms with Crippen LogP contribution >= 0.6 is 0 Å². The molecule has 0 fully saturated rings. The predicted octanol–water partition coefficient (Wildman–Crippen LogP) is 1.23. The molecule has 22 heavy (non-hydrogen) atoms. The van der Waals surface area contributed by atoms with Crippen LogP contribution in [0.5, 0.6) is 11.6 Å². The summed E-state index contributed by atoms with van der Waals surface area (Å²) in [5.41, 5.74) is 6.05. The number of pyridine rings is 1. The van der Waals surface area contributed by atoms with Crippen molar-refractivity contribution in [2.75, 3.05) is 6.54 Å². The van der Waals surface area contributed by atoms with E-state index in [1.165, 1.54) is 6.20 Å². The molecule has 0 unspecified atom stereocenters. The van der Waals surface area contributed by atoms with Gasteiger partial charge < -0.3 is 15.2 Å². The fourth-order valence-electron chi connectivity index (χ4n) is 1.58. The average Bonchev–Trinajstić information content (AvgIpc) is 2.54. The van der Waals surface area contributed by atoms with Gasteiger partial charge in [0.05, 0.1) is 6.54 Å². The topological polar surface area (TPSA) is 104 Å². The largest absolute Gasteiger partial charge is 0.483 e. The number of nitrogens with zero attached hydrogens (tertiary/aromatic N) is 1. The molecular weight excluding hydrogens is 286 g/mol. The summed E-state index contributed by atoms with van der Waals surface area (Å²) in [6, 6.07) is 12.8. The van der Waals surface area contributed by atoms with E-state index in [4.69, 9.17) is 15.2 Å². The number of imide groups is 1. The summed E-state index contributed by atoms with van der Waals surface area (Å²) < 4.78 is 10.5. The Balaban J connectivity index is 2.00. The summed E-state index contributed by atoms with van der Waals surface area (Å²) in [7, 11) is 0. The Morgan fingerprint density at radius 2 is 1.91 bits per heavy atom. The Morgan fingerprint density at radius 3 is 2.64 bits per heavy atom. The van der Waals surface area contributed by atoms with Gasteiger partial charge in [0.2, 0.25) is 5.91 Å². The molecule has 114 valence electrons. The van der Waals surface area contributed by atoms with E-state index >= 15 is 0 Å². The summed E-state index contributed by atoms with van der Waals surface area (Å²) in [5.74, 6) is -0.380. The first-order chi connectivity index (χ1) is 10.7. The highest BCUT2D eigenvalue weighted by atomic mass is 16.6. The molecule has 2 aromatic rings. The van der Waals surface area contributed by atoms with Crippen LogP contribution in [0.15, 0.2) is 48.7 Å². The van der Waals surface area contributed by atoms with E-state index in [9.17, 15) is 9.59 Å². The van der Waals surface area contributed by atoms with E-state index in [0.717, 1.165) is 5.56 Å². The summed E-state index contributed by atoms with van der Waals surface area (Å²) in [4.78, 5) is 26.4. The van der Waals surface area contributed by atoms with E-state index in [0.29, 0.717) is 12.4 Å². The molecule has 0 saturated carbocycles. The van der Waals surface area contributed by atoms with Gasteiger partial charge in [-0.25, -0.2) is 9.78 Å². The zero-order chi connectivity index (χ0) is 15.8. The Labute approximate surface area is 127 Å². The molecule has 0 radical (unpaired) electrons. The average molecular weight is 301 g/mol. The fraction of sp³-hybridized carbons (Fsp3) is 0.133. The lowest BCUT2D eigenvalue weighted by molar-refractivity contribution is -0.118. The Morgan fingerprint density at radius 1 is 1.14 bits per heavy atom. The van der Waals surface area contributed by atoms with Gasteiger partial charge in [-0.1, -0.05) is 30.3 Å². The first kappa shape index (κ1) is 15.5. The molecule has 0 spiro atoms. The summed E-state index contributed by atoms with van der Waals surface area (Å²) in [5, 5.41) is 1.96. The van der Waals surface area contributed by atoms with Crippen LogP contribution in [0, 0.1) is 0 Å². The van der Waals surface area contributed by atoms with E-state index < -0.39 is 12.0 Å². The van der Waals surface area contributed by atoms with Crippen molar-refractivity contribution in [2.24, 2.45) is 5.73 Å². The van der Waals surface area contributed by atoms with Gasteiger partial charge in [0.15, 0.2) is 5.75 Å². The highest BCUT2D eigenvalue weighted by Gasteiger charge is 2.13. The molecule has 0 atom stereocenters. The van der Waals surface area contributed by atoms with Crippen molar-refractivity contribution in [2.45, 2.75) is 6.61 Å². The second-order valence-corrected chi connectivity index (χ2v) is 4.22. The van der Waals surface area contributed by atoms with Gasteiger partial charge in [-0.15, -0.1) is 0 Å². The summed E-state index contributed by atoms with van der Waals surface area (Å²) in [6.45, 7) is -0.0130. The molecule has 0 bridgehead atoms. The minimum Gasteiger partial charge on any atom is -0.483 e. The molecule has 0 aliphatic carbocycles. The molecular formula is C15H15N3O4. The standard InChI is InChI=1S/C15H15N3O4/c16-9-13(19)18-15(20)22-14-12(7-4-8-17-14)21-10-11-5-2-1-3-6-11/h1-8H,9-10,16H2,(H,18,19,20). The van der Waals surface area contributed by atoms with Crippen LogP contribution in [0.1, 0.15) is 5.56 Å². The molecule has 2 amide bonds. The minimum atomic E-state index is -0.960. The number of nitrogens with one attached hydrogen (secondary N) is 1. The second-order valence-electron chi connectivity index (χ2n) is 4.22. The van der Waals surface area contributed by atoms with Gasteiger partial charge in [0.1, 0.15) is 6.61 Å². The van der Waals surface area contributed by atoms with Gasteiger partial charge in [0, 0.05) is 6.20 Å². The van der Waals surface area contributed by atoms with E-state index in [-0.39, 0.29) is 12.4 Å². The predicted molar refractivity (Wildman–Crippen MR) is 78.2 cm³/mol. The van der Waals surface area contributed by atoms with Crippen LogP contribution in [0.4, 0.5) is 4.79 Å². The van der Waals surface area contributed by atoms with E-state index in [1.54, 1.807) is 12.1 Å². The zero-order valence-electron chi connectivity index (χ0n) is 11.7. The van der Waals surface area contributed by atoms with Crippen LogP contribution in [-0.2, 0) is 11.4 Å². The molecule has 1 aromatic heterocycles. The number of carbonyl (C=O) groups is 2. The van der Waals surface area contributed by atoms with Crippen LogP contribution < -0.4 is 20.5 Å². The molecule has 0 aliphatic rings. The summed E-state index contributed by atoms with van der Waals surface area (Å²) in [6.07, 6.45) is 0.488. The Hall–Kier alpha value is -2.93. The number of carbonyl (C=O) groups excluding carboxylic acids is 2. The lowest BCUT2D eigenvalue weighted by atomic mass is 10.2. The number of ether oxygens (including phenoxy) is 2. The van der Waals surface area contributed by atoms with Crippen molar-refractivity contribution < 1.29 is 19.1 Å². The van der Waals surface area contributed by atoms with Gasteiger partial charge in [0.25, 0.3) is 5.88 Å². The third-order valence-electron chi connectivity index (χ3n) is 2.59. The molecule has 1 heterocycles. The minimum absolute atomic E-state index is 0.0271. The Kier molecular flexibility index (Phi) is 5.44. The second kappa shape index (κ2) is 7.75. The molecule has 1 aromatic carbocycles. The quantitative estimate of drug-likeness (QED) is 0.861. The van der Waals surface area contributed by atoms with Gasteiger partial charge in [-0.2, -0.15) is 0 Å². The number of aromatic nitrogens is 1. The molecule has 7 nitrogen and oxygen atoms in total. The number of hydrogen-bond acceptors (Lipinski definition) is 6. The highest BCUT2D eigenvalue weighted by molar-refractivity contribution is 5.93. The maximum absolute atomic E-state index is 11.5. The van der Waals surface area contributed by atoms with Crippen molar-refractivity contribution in [3.8, 4) is 11.6 Å². The maximum Gasteiger partial charge on any atom is 0.420 e. The van der Waals surface area contributed by atoms with Crippen molar-refractivity contribution in [3.63, 3.8) is 0 Å². The number of benzene rings is 1. The van der Waals surface area contributed by atoms with Gasteiger partial charge in [-0.05, 0) is 17.7 Å². The monoisotopic (exact) mass is 301 g/mol. The van der Waals surface area contributed by atoms with Crippen molar-refractivity contribution in [1.82, 2.24) is 10.3 Å². The van der Waals surface area contributed by atoms with Crippen LogP contribution in [0.2, 0.25) is 0 Å². The lowest BCUT2D eigenvalue weighted by Crippen LogP contribution is -2.37. The summed E-state index contributed by atoms with van der Waals surface area (Å²) >= 11 is 0. The number of hydrogen-bond donors (Lipinski definition) is 2. The molecule has 2 rings (SSSR count). The van der Waals surface area contributed by atoms with Gasteiger partial charge >= 0.3 is 6.09 Å². The zero-order valence-corrected chi connectivity index (χ0v) is 11.7. The lowest BCUT2D eigenvalue weighted by Gasteiger charge is -2.10. The molecule has 0 aliphatic heterocycles. The third-order valence-corrected chi connectivity index (χ3v) is 2.59. The van der Waals surface area contributed by atoms with Crippen LogP contribution in [0.25, 0.3) is 0 Å². The van der Waals surface area contributed by atoms with Crippen molar-refractivity contribution in [3.05, 3.63) is 54.2 Å². The first-order valence-electron chi connectivity index (χ1n) is 6.52. The molecule has 7 heteroatoms. The SMILES string of the molecule is NCC(=O)NC(=O)Oc1ncccc1OCc1ccccc1. The number of rotatable bonds is 5. The highest BCUT2D eigenvalue weighted by Crippen LogP contribution is 2.24. The fourth-order valence-corrected chi connectivity index (χ4v) is 1.58. The molecule has 0 saturated heterocycles. The molecule has 3 N–H and O–H groups in total. The smallest absolute Gasteiger partial charge is 0.420 e. The van der Waals surface area contributed by atoms with Crippen LogP contribution in [0.3, 0.4) is 0 Å². The Bertz CT molecular complexity index is 646. The van der Waals surface area contributed by atoms with E-state index in [1.807, 2.05) is 35.6 Å². The number of amides is 2. The van der Waals surface area contributed by atoms with Crippen molar-refractivity contribution in [1.29, 1.82) is 0 Å². The van der Waals surface area contributed by atoms with Crippen LogP contribution in [-0.4, -0.2) is 23.5 Å². The maximum atomic E-state index is 11.5. The van der Waals surface area contributed by atoms with E-state index in [2.05, 4.69) is 4.98 Å². The number of nitrogens with two attached hydrogens (primary N) is 1. The first-order valence-corrected chi connectivity index (χ1v) is 6.52. The third kappa shape index (κ3) is 4.57. The van der Waals surface area contributed by atoms with Crippen molar-refractivity contribution >= 4 is 12.0 Å².